The molecule has 0 amide bonds. The summed E-state index contributed by atoms with van der Waals surface area (Å²) in [6.07, 6.45) is 2.64. The van der Waals surface area contributed by atoms with Gasteiger partial charge in [-0.1, -0.05) is 20.3 Å². The SMILES string of the molecule is CCCC(C)C[NH3+]. The van der Waals surface area contributed by atoms with Crippen LogP contribution in [0.5, 0.6) is 0 Å². The number of quaternary nitrogens is 1. The van der Waals surface area contributed by atoms with Crippen LogP contribution < -0.4 is 5.73 Å². The molecule has 0 saturated carbocycles. The maximum Gasteiger partial charge on any atom is 0.0765 e. The molecule has 0 aromatic heterocycles. The molecular weight excluding hydrogens is 86.1 g/mol. The number of rotatable bonds is 3. The Kier molecular flexibility index (Phi) is 4.10. The van der Waals surface area contributed by atoms with E-state index in [1.54, 1.807) is 0 Å². The molecule has 1 nitrogen and oxygen atoms in total. The molecule has 0 rings (SSSR count). The molecule has 0 saturated heterocycles. The average molecular weight is 102 g/mol. The molecule has 44 valence electrons. The highest BCUT2D eigenvalue weighted by Gasteiger charge is 1.95. The fraction of sp³-hybridized carbons (Fsp3) is 1.00. The summed E-state index contributed by atoms with van der Waals surface area (Å²) in [5, 5.41) is 0. The Morgan fingerprint density at radius 1 is 1.57 bits per heavy atom. The summed E-state index contributed by atoms with van der Waals surface area (Å²) in [6, 6.07) is 0. The highest BCUT2D eigenvalue weighted by atomic mass is 14.5. The highest BCUT2D eigenvalue weighted by molar-refractivity contribution is 4.44. The van der Waals surface area contributed by atoms with Gasteiger partial charge < -0.3 is 5.73 Å². The first-order chi connectivity index (χ1) is 3.31. The molecule has 0 bridgehead atoms. The third-order valence-electron chi connectivity index (χ3n) is 1.27. The minimum atomic E-state index is 0.838. The zero-order chi connectivity index (χ0) is 5.70. The topological polar surface area (TPSA) is 27.6 Å². The third kappa shape index (κ3) is 3.80. The van der Waals surface area contributed by atoms with Crippen LogP contribution in [0, 0.1) is 5.92 Å². The summed E-state index contributed by atoms with van der Waals surface area (Å²) >= 11 is 0. The molecular formula is C6H16N+. The second-order valence-corrected chi connectivity index (χ2v) is 2.18. The van der Waals surface area contributed by atoms with E-state index in [0.29, 0.717) is 0 Å². The monoisotopic (exact) mass is 102 g/mol. The van der Waals surface area contributed by atoms with E-state index in [2.05, 4.69) is 19.6 Å². The molecule has 0 heterocycles. The molecule has 1 unspecified atom stereocenters. The van der Waals surface area contributed by atoms with Crippen LogP contribution in [0.3, 0.4) is 0 Å². The lowest BCUT2D eigenvalue weighted by Gasteiger charge is -2.00. The normalized spacial score (nSPS) is 14.1. The van der Waals surface area contributed by atoms with Crippen molar-refractivity contribution in [3.8, 4) is 0 Å². The van der Waals surface area contributed by atoms with Crippen LogP contribution in [0.2, 0.25) is 0 Å². The number of hydrogen-bond acceptors (Lipinski definition) is 0. The zero-order valence-corrected chi connectivity index (χ0v) is 5.41. The van der Waals surface area contributed by atoms with Crippen molar-refractivity contribution < 1.29 is 5.73 Å². The fourth-order valence-electron chi connectivity index (χ4n) is 0.637. The van der Waals surface area contributed by atoms with Crippen LogP contribution in [0.15, 0.2) is 0 Å². The van der Waals surface area contributed by atoms with E-state index in [-0.39, 0.29) is 0 Å². The van der Waals surface area contributed by atoms with Crippen molar-refractivity contribution in [1.29, 1.82) is 0 Å². The van der Waals surface area contributed by atoms with Gasteiger partial charge in [-0.05, 0) is 6.42 Å². The molecule has 0 aromatic carbocycles. The summed E-state index contributed by atoms with van der Waals surface area (Å²) in [5.41, 5.74) is 3.80. The molecule has 0 radical (unpaired) electrons. The smallest absolute Gasteiger partial charge is 0.0765 e. The Balaban J connectivity index is 2.83. The van der Waals surface area contributed by atoms with Crippen molar-refractivity contribution in [3.63, 3.8) is 0 Å². The second-order valence-electron chi connectivity index (χ2n) is 2.18. The van der Waals surface area contributed by atoms with E-state index in [4.69, 9.17) is 0 Å². The molecule has 1 atom stereocenters. The lowest BCUT2D eigenvalue weighted by atomic mass is 10.1. The molecule has 0 aliphatic rings. The maximum absolute atomic E-state index is 3.80. The van der Waals surface area contributed by atoms with Gasteiger partial charge in [0, 0.05) is 5.92 Å². The predicted molar refractivity (Wildman–Crippen MR) is 31.8 cm³/mol. The van der Waals surface area contributed by atoms with E-state index in [1.807, 2.05) is 0 Å². The summed E-state index contributed by atoms with van der Waals surface area (Å²) in [5.74, 6) is 0.838. The maximum atomic E-state index is 3.80. The molecule has 0 spiro atoms. The van der Waals surface area contributed by atoms with Gasteiger partial charge in [-0.3, -0.25) is 0 Å². The highest BCUT2D eigenvalue weighted by Crippen LogP contribution is 1.99. The first kappa shape index (κ1) is 6.96. The predicted octanol–water partition coefficient (Wildman–Crippen LogP) is 0.665. The van der Waals surface area contributed by atoms with Crippen molar-refractivity contribution in [1.82, 2.24) is 0 Å². The van der Waals surface area contributed by atoms with Gasteiger partial charge in [0.05, 0.1) is 6.54 Å². The van der Waals surface area contributed by atoms with Gasteiger partial charge in [-0.2, -0.15) is 0 Å². The summed E-state index contributed by atoms with van der Waals surface area (Å²) in [4.78, 5) is 0. The summed E-state index contributed by atoms with van der Waals surface area (Å²) < 4.78 is 0. The van der Waals surface area contributed by atoms with Crippen LogP contribution in [-0.2, 0) is 0 Å². The van der Waals surface area contributed by atoms with Crippen LogP contribution in [0.4, 0.5) is 0 Å². The largest absolute Gasteiger partial charge is 0.357 e. The Hall–Kier alpha value is -0.0400. The molecule has 7 heavy (non-hydrogen) atoms. The average Bonchev–Trinajstić information content (AvgIpc) is 1.68. The van der Waals surface area contributed by atoms with Gasteiger partial charge in [-0.15, -0.1) is 0 Å². The Morgan fingerprint density at radius 3 is 2.29 bits per heavy atom. The third-order valence-corrected chi connectivity index (χ3v) is 1.27. The van der Waals surface area contributed by atoms with Crippen molar-refractivity contribution in [2.45, 2.75) is 26.7 Å². The van der Waals surface area contributed by atoms with Gasteiger partial charge in [0.1, 0.15) is 0 Å². The van der Waals surface area contributed by atoms with Crippen LogP contribution in [0.1, 0.15) is 26.7 Å². The second kappa shape index (κ2) is 4.13. The Bertz CT molecular complexity index is 35.2. The molecule has 1 heteroatoms. The van der Waals surface area contributed by atoms with Crippen LogP contribution in [0.25, 0.3) is 0 Å². The molecule has 0 fully saturated rings. The van der Waals surface area contributed by atoms with E-state index < -0.39 is 0 Å². The van der Waals surface area contributed by atoms with E-state index in [1.165, 1.54) is 12.8 Å². The Morgan fingerprint density at radius 2 is 2.14 bits per heavy atom. The fourth-order valence-corrected chi connectivity index (χ4v) is 0.637. The van der Waals surface area contributed by atoms with Crippen molar-refractivity contribution >= 4 is 0 Å². The van der Waals surface area contributed by atoms with E-state index in [0.717, 1.165) is 12.5 Å². The number of hydrogen-bond donors (Lipinski definition) is 1. The van der Waals surface area contributed by atoms with Gasteiger partial charge in [0.25, 0.3) is 0 Å². The van der Waals surface area contributed by atoms with E-state index >= 15 is 0 Å². The van der Waals surface area contributed by atoms with Gasteiger partial charge in [0.2, 0.25) is 0 Å². The summed E-state index contributed by atoms with van der Waals surface area (Å²) in [6.45, 7) is 5.55. The van der Waals surface area contributed by atoms with Crippen molar-refractivity contribution in [2.75, 3.05) is 6.54 Å². The zero-order valence-electron chi connectivity index (χ0n) is 5.41. The van der Waals surface area contributed by atoms with Gasteiger partial charge >= 0.3 is 0 Å². The van der Waals surface area contributed by atoms with Crippen molar-refractivity contribution in [3.05, 3.63) is 0 Å². The minimum Gasteiger partial charge on any atom is -0.357 e. The van der Waals surface area contributed by atoms with Crippen molar-refractivity contribution in [2.24, 2.45) is 5.92 Å². The Labute approximate surface area is 45.9 Å². The molecule has 3 N–H and O–H groups in total. The first-order valence-electron chi connectivity index (χ1n) is 3.10. The minimum absolute atomic E-state index is 0.838. The van der Waals surface area contributed by atoms with Crippen LogP contribution in [-0.4, -0.2) is 6.54 Å². The van der Waals surface area contributed by atoms with Gasteiger partial charge in [0.15, 0.2) is 0 Å². The van der Waals surface area contributed by atoms with Gasteiger partial charge in [-0.25, -0.2) is 0 Å². The summed E-state index contributed by atoms with van der Waals surface area (Å²) in [7, 11) is 0. The molecule has 0 aliphatic heterocycles. The van der Waals surface area contributed by atoms with E-state index in [9.17, 15) is 0 Å². The van der Waals surface area contributed by atoms with Crippen LogP contribution >= 0.6 is 0 Å². The lowest BCUT2D eigenvalue weighted by molar-refractivity contribution is -0.378. The molecule has 0 aliphatic carbocycles. The molecule has 0 aromatic rings. The standard InChI is InChI=1S/C6H15N/c1-3-4-6(2)5-7/h6H,3-5,7H2,1-2H3/p+1. The quantitative estimate of drug-likeness (QED) is 0.542. The lowest BCUT2D eigenvalue weighted by Crippen LogP contribution is -2.53. The first-order valence-corrected chi connectivity index (χ1v) is 3.10.